The van der Waals surface area contributed by atoms with Crippen molar-refractivity contribution in [1.82, 2.24) is 5.32 Å². The monoisotopic (exact) mass is 351 g/mol. The molecule has 11 nitrogen and oxygen atoms in total. The van der Waals surface area contributed by atoms with E-state index in [1.807, 2.05) is 0 Å². The van der Waals surface area contributed by atoms with E-state index in [4.69, 9.17) is 20.4 Å². The van der Waals surface area contributed by atoms with Crippen LogP contribution in [0.15, 0.2) is 0 Å². The van der Waals surface area contributed by atoms with Gasteiger partial charge in [0, 0.05) is 0 Å². The topological polar surface area (TPSA) is 205 Å². The fourth-order valence-electron chi connectivity index (χ4n) is 1.31. The summed E-state index contributed by atoms with van der Waals surface area (Å²) in [5, 5.41) is 64.5. The SMILES string of the molecule is O=C(O)C[C@H](NC(=O)[C@H](O)[C@@H](O)[C@H](O)[C@H](O)CO)C(=O)O.[H-].[K+]. The van der Waals surface area contributed by atoms with Crippen molar-refractivity contribution in [2.24, 2.45) is 0 Å². The maximum atomic E-state index is 11.5. The van der Waals surface area contributed by atoms with E-state index < -0.39 is 61.3 Å². The molecule has 0 spiro atoms. The van der Waals surface area contributed by atoms with Gasteiger partial charge in [0.1, 0.15) is 24.4 Å². The summed E-state index contributed by atoms with van der Waals surface area (Å²) < 4.78 is 0. The van der Waals surface area contributed by atoms with E-state index >= 15 is 0 Å². The molecule has 0 aliphatic heterocycles. The average Bonchev–Trinajstić information content (AvgIpc) is 2.42. The normalized spacial score (nSPS) is 17.3. The molecular weight excluding hydrogens is 333 g/mol. The van der Waals surface area contributed by atoms with E-state index in [2.05, 4.69) is 0 Å². The first kappa shape index (κ1) is 24.1. The number of aliphatic hydroxyl groups is 5. The number of hydrogen-bond donors (Lipinski definition) is 8. The third-order valence-corrected chi connectivity index (χ3v) is 2.52. The average molecular weight is 351 g/mol. The zero-order chi connectivity index (χ0) is 16.7. The largest absolute Gasteiger partial charge is 1.00 e. The van der Waals surface area contributed by atoms with Crippen LogP contribution in [0.25, 0.3) is 0 Å². The van der Waals surface area contributed by atoms with Crippen LogP contribution in [-0.2, 0) is 14.4 Å². The van der Waals surface area contributed by atoms with Crippen LogP contribution in [0, 0.1) is 0 Å². The maximum absolute atomic E-state index is 11.5. The first-order chi connectivity index (χ1) is 9.61. The van der Waals surface area contributed by atoms with Gasteiger partial charge in [-0.3, -0.25) is 9.59 Å². The Morgan fingerprint density at radius 2 is 1.50 bits per heavy atom. The standard InChI is InChI=1S/C10H17NO10.K.H/c12-2-4(13)6(16)7(17)8(18)9(19)11-3(10(20)21)1-5(14)15;;/h3-4,6-8,12-13,16-18H,1-2H2,(H,11,19)(H,14,15)(H,20,21);;/q;+1;-1/t3-,4+,6+,7-,8+;;/m0../s1. The molecule has 1 amide bonds. The first-order valence-corrected chi connectivity index (χ1v) is 5.69. The summed E-state index contributed by atoms with van der Waals surface area (Å²) in [6.45, 7) is -0.955. The number of carbonyl (C=O) groups excluding carboxylic acids is 1. The van der Waals surface area contributed by atoms with Crippen LogP contribution in [0.1, 0.15) is 7.85 Å². The van der Waals surface area contributed by atoms with E-state index in [1.165, 1.54) is 0 Å². The number of aliphatic carboxylic acids is 2. The van der Waals surface area contributed by atoms with Crippen molar-refractivity contribution >= 4 is 17.8 Å². The van der Waals surface area contributed by atoms with Crippen molar-refractivity contribution in [3.05, 3.63) is 0 Å². The van der Waals surface area contributed by atoms with Crippen LogP contribution < -0.4 is 56.7 Å². The molecule has 12 heteroatoms. The fourth-order valence-corrected chi connectivity index (χ4v) is 1.31. The zero-order valence-corrected chi connectivity index (χ0v) is 14.8. The van der Waals surface area contributed by atoms with Crippen molar-refractivity contribution in [3.8, 4) is 0 Å². The molecule has 8 N–H and O–H groups in total. The minimum atomic E-state index is -2.34. The van der Waals surface area contributed by atoms with Gasteiger partial charge in [-0.1, -0.05) is 0 Å². The van der Waals surface area contributed by atoms with Gasteiger partial charge >= 0.3 is 63.3 Å². The van der Waals surface area contributed by atoms with Crippen LogP contribution in [0.4, 0.5) is 0 Å². The van der Waals surface area contributed by atoms with Gasteiger partial charge in [-0.25, -0.2) is 4.79 Å². The Labute approximate surface area is 168 Å². The molecule has 5 atom stereocenters. The number of hydrogen-bond acceptors (Lipinski definition) is 8. The molecule has 0 radical (unpaired) electrons. The molecule has 0 unspecified atom stereocenters. The smallest absolute Gasteiger partial charge is 1.00 e. The number of amides is 1. The Hall–Kier alpha value is -0.154. The summed E-state index contributed by atoms with van der Waals surface area (Å²) in [4.78, 5) is 32.6. The summed E-state index contributed by atoms with van der Waals surface area (Å²) in [5.41, 5.74) is 0. The van der Waals surface area contributed by atoms with E-state index in [0.717, 1.165) is 0 Å². The predicted molar refractivity (Wildman–Crippen MR) is 64.0 cm³/mol. The molecule has 0 saturated carbocycles. The number of carboxylic acids is 2. The number of nitrogens with one attached hydrogen (secondary N) is 1. The van der Waals surface area contributed by atoms with Gasteiger partial charge in [0.15, 0.2) is 6.10 Å². The molecule has 22 heavy (non-hydrogen) atoms. The second-order valence-electron chi connectivity index (χ2n) is 4.17. The van der Waals surface area contributed by atoms with Gasteiger partial charge in [0.2, 0.25) is 0 Å². The van der Waals surface area contributed by atoms with E-state index in [9.17, 15) is 29.7 Å². The Morgan fingerprint density at radius 3 is 1.86 bits per heavy atom. The third-order valence-electron chi connectivity index (χ3n) is 2.52. The number of rotatable bonds is 9. The third kappa shape index (κ3) is 7.91. The zero-order valence-electron chi connectivity index (χ0n) is 12.7. The summed E-state index contributed by atoms with van der Waals surface area (Å²) in [5.74, 6) is -4.66. The molecule has 0 aromatic rings. The molecule has 0 aromatic carbocycles. The number of carboxylic acid groups (broad SMARTS) is 2. The summed E-state index contributed by atoms with van der Waals surface area (Å²) in [6.07, 6.45) is -9.43. The molecular formula is C10H18KNO10. The second-order valence-corrected chi connectivity index (χ2v) is 4.17. The van der Waals surface area contributed by atoms with Gasteiger partial charge in [0.05, 0.1) is 13.0 Å². The number of aliphatic hydroxyl groups excluding tert-OH is 5. The van der Waals surface area contributed by atoms with Crippen LogP contribution in [0.3, 0.4) is 0 Å². The van der Waals surface area contributed by atoms with Gasteiger partial charge in [-0.05, 0) is 0 Å². The summed E-state index contributed by atoms with van der Waals surface area (Å²) >= 11 is 0. The van der Waals surface area contributed by atoms with Gasteiger partial charge < -0.3 is 42.5 Å². The summed E-state index contributed by atoms with van der Waals surface area (Å²) in [7, 11) is 0. The van der Waals surface area contributed by atoms with Gasteiger partial charge in [-0.2, -0.15) is 0 Å². The molecule has 0 aromatic heterocycles. The molecule has 0 heterocycles. The molecule has 0 saturated heterocycles. The molecule has 0 aliphatic rings. The fraction of sp³-hybridized carbons (Fsp3) is 0.700. The van der Waals surface area contributed by atoms with Crippen molar-refractivity contribution in [2.75, 3.05) is 6.61 Å². The first-order valence-electron chi connectivity index (χ1n) is 5.69. The predicted octanol–water partition coefficient (Wildman–Crippen LogP) is -7.42. The van der Waals surface area contributed by atoms with Crippen molar-refractivity contribution in [1.29, 1.82) is 0 Å². The van der Waals surface area contributed by atoms with Crippen molar-refractivity contribution in [3.63, 3.8) is 0 Å². The van der Waals surface area contributed by atoms with Crippen molar-refractivity contribution in [2.45, 2.75) is 36.9 Å². The van der Waals surface area contributed by atoms with Crippen molar-refractivity contribution < 1.29 is 103 Å². The Morgan fingerprint density at radius 1 is 1.00 bits per heavy atom. The van der Waals surface area contributed by atoms with Crippen LogP contribution >= 0.6 is 0 Å². The minimum absolute atomic E-state index is 0. The van der Waals surface area contributed by atoms with E-state index in [-0.39, 0.29) is 52.8 Å². The second kappa shape index (κ2) is 11.4. The Kier molecular flexibility index (Phi) is 12.5. The Bertz CT molecular complexity index is 398. The summed E-state index contributed by atoms with van der Waals surface area (Å²) in [6, 6.07) is -1.85. The quantitative estimate of drug-likeness (QED) is 0.184. The van der Waals surface area contributed by atoms with E-state index in [1.54, 1.807) is 5.32 Å². The van der Waals surface area contributed by atoms with Gasteiger partial charge in [-0.15, -0.1) is 0 Å². The van der Waals surface area contributed by atoms with Crippen LogP contribution in [0.2, 0.25) is 0 Å². The molecule has 0 bridgehead atoms. The molecule has 0 rings (SSSR count). The van der Waals surface area contributed by atoms with E-state index in [0.29, 0.717) is 0 Å². The van der Waals surface area contributed by atoms with Gasteiger partial charge in [0.25, 0.3) is 5.91 Å². The molecule has 0 fully saturated rings. The molecule has 124 valence electrons. The van der Waals surface area contributed by atoms with Crippen LogP contribution in [-0.4, -0.2) is 90.7 Å². The van der Waals surface area contributed by atoms with Crippen LogP contribution in [0.5, 0.6) is 0 Å². The molecule has 0 aliphatic carbocycles. The minimum Gasteiger partial charge on any atom is -1.00 e. The Balaban J connectivity index is -0.00000200. The maximum Gasteiger partial charge on any atom is 1.00 e. The number of carbonyl (C=O) groups is 3.